The van der Waals surface area contributed by atoms with Gasteiger partial charge >= 0.3 is 0 Å². The van der Waals surface area contributed by atoms with Crippen molar-refractivity contribution in [3.05, 3.63) is 30.0 Å². The van der Waals surface area contributed by atoms with Gasteiger partial charge in [-0.2, -0.15) is 5.10 Å². The molecule has 1 aromatic heterocycles. The predicted octanol–water partition coefficient (Wildman–Crippen LogP) is 1.13. The van der Waals surface area contributed by atoms with E-state index in [4.69, 9.17) is 9.47 Å². The second-order valence-corrected chi connectivity index (χ2v) is 6.39. The van der Waals surface area contributed by atoms with Crippen molar-refractivity contribution in [2.45, 2.75) is 18.4 Å². The maximum atomic E-state index is 12.9. The highest BCUT2D eigenvalue weighted by Crippen LogP contribution is 2.30. The normalized spacial score (nSPS) is 24.7. The summed E-state index contributed by atoms with van der Waals surface area (Å²) >= 11 is 0. The third-order valence-electron chi connectivity index (χ3n) is 4.94. The number of hydrogen-bond donors (Lipinski definition) is 0. The van der Waals surface area contributed by atoms with Crippen LogP contribution in [0, 0.1) is 0 Å². The molecule has 3 heterocycles. The molecule has 0 N–H and O–H groups in total. The molecule has 4 rings (SSSR count). The highest BCUT2D eigenvalue weighted by molar-refractivity contribution is 5.88. The van der Waals surface area contributed by atoms with Gasteiger partial charge in [-0.1, -0.05) is 18.2 Å². The number of amides is 1. The maximum Gasteiger partial charge on any atom is 0.229 e. The molecule has 2 fully saturated rings. The van der Waals surface area contributed by atoms with Crippen LogP contribution in [0.15, 0.2) is 24.3 Å². The van der Waals surface area contributed by atoms with E-state index < -0.39 is 0 Å². The summed E-state index contributed by atoms with van der Waals surface area (Å²) in [6.45, 7) is 3.06. The Bertz CT molecular complexity index is 734. The summed E-state index contributed by atoms with van der Waals surface area (Å²) in [6.07, 6.45) is 1.17. The van der Waals surface area contributed by atoms with Crippen molar-refractivity contribution in [1.82, 2.24) is 14.7 Å². The van der Waals surface area contributed by atoms with Crippen LogP contribution in [-0.2, 0) is 27.7 Å². The lowest BCUT2D eigenvalue weighted by Crippen LogP contribution is -2.60. The van der Waals surface area contributed by atoms with Crippen LogP contribution in [0.25, 0.3) is 10.9 Å². The Hall–Kier alpha value is -1.92. The highest BCUT2D eigenvalue weighted by atomic mass is 16.5. The van der Waals surface area contributed by atoms with Crippen LogP contribution in [0.2, 0.25) is 0 Å². The molecule has 0 aliphatic carbocycles. The first kappa shape index (κ1) is 14.7. The summed E-state index contributed by atoms with van der Waals surface area (Å²) < 4.78 is 13.0. The fourth-order valence-corrected chi connectivity index (χ4v) is 3.70. The lowest BCUT2D eigenvalue weighted by molar-refractivity contribution is -0.148. The van der Waals surface area contributed by atoms with Gasteiger partial charge in [-0.25, -0.2) is 0 Å². The molecule has 23 heavy (non-hydrogen) atoms. The van der Waals surface area contributed by atoms with Gasteiger partial charge in [0.2, 0.25) is 5.91 Å². The highest BCUT2D eigenvalue weighted by Gasteiger charge is 2.45. The van der Waals surface area contributed by atoms with Crippen LogP contribution in [0.1, 0.15) is 12.1 Å². The number of rotatable bonds is 2. The molecule has 6 heteroatoms. The monoisotopic (exact) mass is 315 g/mol. The standard InChI is InChI=1S/C17H21N3O3/c1-19-15-5-3-2-4-13(15)14(18-19)10-16(21)20-7-9-23-12-17(20)6-8-22-11-17/h2-5H,6-12H2,1H3. The van der Waals surface area contributed by atoms with E-state index in [1.165, 1.54) is 0 Å². The van der Waals surface area contributed by atoms with E-state index in [1.54, 1.807) is 0 Å². The Balaban J connectivity index is 1.61. The average Bonchev–Trinajstić information content (AvgIpc) is 3.14. The molecular formula is C17H21N3O3. The van der Waals surface area contributed by atoms with E-state index in [0.29, 0.717) is 39.4 Å². The van der Waals surface area contributed by atoms with Crippen molar-refractivity contribution in [3.8, 4) is 0 Å². The van der Waals surface area contributed by atoms with Gasteiger partial charge in [0.15, 0.2) is 0 Å². The third-order valence-corrected chi connectivity index (χ3v) is 4.94. The zero-order chi connectivity index (χ0) is 15.9. The molecule has 122 valence electrons. The minimum absolute atomic E-state index is 0.114. The molecule has 1 aromatic carbocycles. The molecule has 2 aliphatic heterocycles. The first-order valence-corrected chi connectivity index (χ1v) is 8.06. The number of fused-ring (bicyclic) bond motifs is 1. The van der Waals surface area contributed by atoms with E-state index in [9.17, 15) is 4.79 Å². The Morgan fingerprint density at radius 1 is 1.26 bits per heavy atom. The Kier molecular flexibility index (Phi) is 3.58. The van der Waals surface area contributed by atoms with Crippen molar-refractivity contribution in [2.75, 3.05) is 33.0 Å². The van der Waals surface area contributed by atoms with Crippen molar-refractivity contribution in [2.24, 2.45) is 7.05 Å². The number of morpholine rings is 1. The number of para-hydroxylation sites is 1. The van der Waals surface area contributed by atoms with Crippen LogP contribution in [-0.4, -0.2) is 59.1 Å². The van der Waals surface area contributed by atoms with Crippen LogP contribution in [0.3, 0.4) is 0 Å². The van der Waals surface area contributed by atoms with Crippen molar-refractivity contribution >= 4 is 16.8 Å². The van der Waals surface area contributed by atoms with Crippen molar-refractivity contribution in [3.63, 3.8) is 0 Å². The van der Waals surface area contributed by atoms with Crippen molar-refractivity contribution < 1.29 is 14.3 Å². The lowest BCUT2D eigenvalue weighted by atomic mass is 9.95. The number of carbonyl (C=O) groups is 1. The maximum absolute atomic E-state index is 12.9. The van der Waals surface area contributed by atoms with Gasteiger partial charge in [0.1, 0.15) is 0 Å². The molecule has 2 aromatic rings. The van der Waals surface area contributed by atoms with E-state index in [1.807, 2.05) is 40.9 Å². The van der Waals surface area contributed by atoms with Gasteiger partial charge in [-0.05, 0) is 12.5 Å². The van der Waals surface area contributed by atoms with E-state index >= 15 is 0 Å². The molecule has 0 radical (unpaired) electrons. The number of aryl methyl sites for hydroxylation is 1. The Morgan fingerprint density at radius 3 is 2.87 bits per heavy atom. The second kappa shape index (κ2) is 5.62. The third kappa shape index (κ3) is 2.42. The summed E-state index contributed by atoms with van der Waals surface area (Å²) in [4.78, 5) is 14.9. The van der Waals surface area contributed by atoms with Gasteiger partial charge < -0.3 is 14.4 Å². The number of benzene rings is 1. The summed E-state index contributed by atoms with van der Waals surface area (Å²) in [6, 6.07) is 8.03. The summed E-state index contributed by atoms with van der Waals surface area (Å²) in [7, 11) is 1.91. The zero-order valence-corrected chi connectivity index (χ0v) is 13.3. The molecule has 0 saturated carbocycles. The molecule has 1 atom stereocenters. The van der Waals surface area contributed by atoms with Crippen molar-refractivity contribution in [1.29, 1.82) is 0 Å². The molecule has 1 unspecified atom stereocenters. The number of hydrogen-bond acceptors (Lipinski definition) is 4. The van der Waals surface area contributed by atoms with Gasteiger partial charge in [0.25, 0.3) is 0 Å². The molecule has 1 amide bonds. The molecule has 2 saturated heterocycles. The quantitative estimate of drug-likeness (QED) is 0.834. The molecule has 0 bridgehead atoms. The molecule has 6 nitrogen and oxygen atoms in total. The summed E-state index contributed by atoms with van der Waals surface area (Å²) in [5.41, 5.74) is 1.62. The fraction of sp³-hybridized carbons (Fsp3) is 0.529. The number of nitrogens with zero attached hydrogens (tertiary/aromatic N) is 3. The first-order chi connectivity index (χ1) is 11.2. The van der Waals surface area contributed by atoms with Gasteiger partial charge in [-0.15, -0.1) is 0 Å². The number of carbonyl (C=O) groups excluding carboxylic acids is 1. The second-order valence-electron chi connectivity index (χ2n) is 6.39. The van der Waals surface area contributed by atoms with Crippen LogP contribution in [0.5, 0.6) is 0 Å². The SMILES string of the molecule is Cn1nc(CC(=O)N2CCOCC23CCOC3)c2ccccc21. The number of ether oxygens (including phenoxy) is 2. The van der Waals surface area contributed by atoms with Crippen LogP contribution < -0.4 is 0 Å². The fourth-order valence-electron chi connectivity index (χ4n) is 3.70. The van der Waals surface area contributed by atoms with E-state index in [-0.39, 0.29) is 11.4 Å². The van der Waals surface area contributed by atoms with Gasteiger partial charge in [-0.3, -0.25) is 9.48 Å². The Labute approximate surface area is 135 Å². The molecule has 1 spiro atoms. The lowest BCUT2D eigenvalue weighted by Gasteiger charge is -2.43. The predicted molar refractivity (Wildman–Crippen MR) is 85.1 cm³/mol. The largest absolute Gasteiger partial charge is 0.379 e. The summed E-state index contributed by atoms with van der Waals surface area (Å²) in [5, 5.41) is 5.60. The average molecular weight is 315 g/mol. The minimum atomic E-state index is -0.278. The topological polar surface area (TPSA) is 56.6 Å². The van der Waals surface area contributed by atoms with E-state index in [2.05, 4.69) is 5.10 Å². The first-order valence-electron chi connectivity index (χ1n) is 8.06. The zero-order valence-electron chi connectivity index (χ0n) is 13.3. The van der Waals surface area contributed by atoms with Gasteiger partial charge in [0.05, 0.1) is 43.0 Å². The van der Waals surface area contributed by atoms with Crippen LogP contribution >= 0.6 is 0 Å². The minimum Gasteiger partial charge on any atom is -0.379 e. The Morgan fingerprint density at radius 2 is 2.04 bits per heavy atom. The van der Waals surface area contributed by atoms with E-state index in [0.717, 1.165) is 23.0 Å². The smallest absolute Gasteiger partial charge is 0.229 e. The molecular weight excluding hydrogens is 294 g/mol. The van der Waals surface area contributed by atoms with Crippen LogP contribution in [0.4, 0.5) is 0 Å². The summed E-state index contributed by atoms with van der Waals surface area (Å²) in [5.74, 6) is 0.114. The molecule has 2 aliphatic rings. The van der Waals surface area contributed by atoms with Gasteiger partial charge in [0, 0.05) is 25.6 Å². The number of aromatic nitrogens is 2.